The lowest BCUT2D eigenvalue weighted by atomic mass is 9.99. The quantitative estimate of drug-likeness (QED) is 0.352. The van der Waals surface area contributed by atoms with Crippen LogP contribution in [-0.2, 0) is 6.18 Å². The number of anilines is 2. The lowest BCUT2D eigenvalue weighted by molar-refractivity contribution is -0.137. The summed E-state index contributed by atoms with van der Waals surface area (Å²) < 4.78 is 46.7. The third kappa shape index (κ3) is 6.70. The maximum absolute atomic E-state index is 13.9. The third-order valence-electron chi connectivity index (χ3n) is 8.69. The number of hydrogen-bond donors (Lipinski definition) is 2. The summed E-state index contributed by atoms with van der Waals surface area (Å²) in [7, 11) is 0. The van der Waals surface area contributed by atoms with E-state index < -0.39 is 17.6 Å². The van der Waals surface area contributed by atoms with Gasteiger partial charge in [-0.3, -0.25) is 9.59 Å². The molecule has 5 rings (SSSR count). The maximum Gasteiger partial charge on any atom is 0.416 e. The number of nitrogens with two attached hydrogens (primary N) is 2. The fourth-order valence-corrected chi connectivity index (χ4v) is 6.28. The maximum atomic E-state index is 13.9. The third-order valence-corrected chi connectivity index (χ3v) is 8.69. The molecule has 2 atom stereocenters. The van der Waals surface area contributed by atoms with Crippen molar-refractivity contribution in [3.8, 4) is 17.0 Å². The number of pyridine rings is 1. The Kier molecular flexibility index (Phi) is 9.52. The van der Waals surface area contributed by atoms with Gasteiger partial charge in [0.2, 0.25) is 5.88 Å². The minimum absolute atomic E-state index is 0.157. The molecule has 1 unspecified atom stereocenters. The number of hydrogen-bond acceptors (Lipinski definition) is 7. The van der Waals surface area contributed by atoms with Gasteiger partial charge in [0.05, 0.1) is 29.0 Å². The van der Waals surface area contributed by atoms with Crippen LogP contribution in [0.15, 0.2) is 54.7 Å². The molecule has 0 aliphatic carbocycles. The number of nitrogens with zero attached hydrogens (tertiary/aromatic N) is 4. The molecule has 3 heterocycles. The second-order valence-electron chi connectivity index (χ2n) is 11.5. The molecule has 2 saturated heterocycles. The van der Waals surface area contributed by atoms with E-state index in [0.717, 1.165) is 29.7 Å². The van der Waals surface area contributed by atoms with Gasteiger partial charge in [0.1, 0.15) is 0 Å². The van der Waals surface area contributed by atoms with Crippen LogP contribution in [0.4, 0.5) is 24.5 Å². The predicted octanol–water partition coefficient (Wildman–Crippen LogP) is 4.79. The topological polar surface area (TPSA) is 118 Å². The average molecular weight is 625 g/mol. The number of carbonyl (C=O) groups excluding carboxylic acids is 2. The Morgan fingerprint density at radius 1 is 1.00 bits per heavy atom. The van der Waals surface area contributed by atoms with Gasteiger partial charge in [-0.25, -0.2) is 4.98 Å². The van der Waals surface area contributed by atoms with Crippen LogP contribution in [0, 0.1) is 5.92 Å². The van der Waals surface area contributed by atoms with Crippen molar-refractivity contribution >= 4 is 23.2 Å². The average Bonchev–Trinajstić information content (AvgIpc) is 3.53. The highest BCUT2D eigenvalue weighted by Gasteiger charge is 2.36. The van der Waals surface area contributed by atoms with E-state index in [4.69, 9.17) is 16.2 Å². The van der Waals surface area contributed by atoms with Gasteiger partial charge in [-0.1, -0.05) is 13.0 Å². The molecule has 12 heteroatoms. The molecule has 0 bridgehead atoms. The van der Waals surface area contributed by atoms with Crippen molar-refractivity contribution in [2.45, 2.75) is 38.9 Å². The lowest BCUT2D eigenvalue weighted by Gasteiger charge is -2.43. The Hall–Kier alpha value is -4.32. The van der Waals surface area contributed by atoms with Crippen LogP contribution < -0.4 is 26.0 Å². The highest BCUT2D eigenvalue weighted by molar-refractivity contribution is 6.01. The highest BCUT2D eigenvalue weighted by atomic mass is 19.4. The van der Waals surface area contributed by atoms with Gasteiger partial charge in [0, 0.05) is 56.2 Å². The molecule has 1 aromatic heterocycles. The van der Waals surface area contributed by atoms with Crippen LogP contribution >= 0.6 is 0 Å². The largest absolute Gasteiger partial charge is 0.478 e. The number of benzene rings is 2. The minimum Gasteiger partial charge on any atom is -0.478 e. The molecular formula is C33H39F3N6O3. The van der Waals surface area contributed by atoms with Crippen LogP contribution in [-0.4, -0.2) is 73.6 Å². The minimum atomic E-state index is -4.53. The van der Waals surface area contributed by atoms with Gasteiger partial charge in [0.15, 0.2) is 0 Å². The Morgan fingerprint density at radius 3 is 2.47 bits per heavy atom. The van der Waals surface area contributed by atoms with Crippen molar-refractivity contribution in [3.63, 3.8) is 0 Å². The summed E-state index contributed by atoms with van der Waals surface area (Å²) >= 11 is 0. The van der Waals surface area contributed by atoms with Gasteiger partial charge in [-0.15, -0.1) is 0 Å². The van der Waals surface area contributed by atoms with Crippen LogP contribution in [0.3, 0.4) is 0 Å². The number of primary amides is 1. The van der Waals surface area contributed by atoms with Crippen molar-refractivity contribution in [1.29, 1.82) is 0 Å². The second-order valence-corrected chi connectivity index (χ2v) is 11.5. The number of carbonyl (C=O) groups is 2. The van der Waals surface area contributed by atoms with Crippen molar-refractivity contribution in [1.82, 2.24) is 9.88 Å². The van der Waals surface area contributed by atoms with Gasteiger partial charge >= 0.3 is 6.18 Å². The first kappa shape index (κ1) is 32.1. The number of halogens is 3. The molecule has 2 aromatic carbocycles. The first-order chi connectivity index (χ1) is 21.5. The predicted molar refractivity (Wildman–Crippen MR) is 168 cm³/mol. The fourth-order valence-electron chi connectivity index (χ4n) is 6.28. The summed E-state index contributed by atoms with van der Waals surface area (Å²) in [5.74, 6) is -0.293. The van der Waals surface area contributed by atoms with E-state index in [1.54, 1.807) is 23.2 Å². The van der Waals surface area contributed by atoms with E-state index in [-0.39, 0.29) is 29.1 Å². The second kappa shape index (κ2) is 13.4. The molecule has 0 spiro atoms. The normalized spacial score (nSPS) is 18.8. The zero-order valence-electron chi connectivity index (χ0n) is 25.5. The summed E-state index contributed by atoms with van der Waals surface area (Å²) in [5, 5.41) is 0. The molecule has 3 aromatic rings. The van der Waals surface area contributed by atoms with Crippen molar-refractivity contribution < 1.29 is 27.5 Å². The van der Waals surface area contributed by atoms with Gasteiger partial charge < -0.3 is 30.9 Å². The van der Waals surface area contributed by atoms with Gasteiger partial charge in [0.25, 0.3) is 11.8 Å². The number of ether oxygens (including phenoxy) is 1. The van der Waals surface area contributed by atoms with Crippen molar-refractivity contribution in [2.75, 3.05) is 55.7 Å². The molecule has 2 amide bonds. The fraction of sp³-hybridized carbons (Fsp3) is 0.424. The Balaban J connectivity index is 1.42. The zero-order chi connectivity index (χ0) is 32.3. The number of piperazine rings is 1. The number of amides is 2. The van der Waals surface area contributed by atoms with Crippen molar-refractivity contribution in [3.05, 3.63) is 71.4 Å². The Labute approximate surface area is 260 Å². The van der Waals surface area contributed by atoms with E-state index in [2.05, 4.69) is 9.88 Å². The molecule has 240 valence electrons. The van der Waals surface area contributed by atoms with E-state index in [1.807, 2.05) is 36.9 Å². The van der Waals surface area contributed by atoms with Gasteiger partial charge in [-0.05, 0) is 80.3 Å². The number of rotatable bonds is 9. The Morgan fingerprint density at radius 2 is 1.80 bits per heavy atom. The lowest BCUT2D eigenvalue weighted by Crippen LogP contribution is -2.55. The number of alkyl halides is 3. The molecule has 9 nitrogen and oxygen atoms in total. The van der Waals surface area contributed by atoms with E-state index >= 15 is 0 Å². The molecule has 2 aliphatic heterocycles. The van der Waals surface area contributed by atoms with Gasteiger partial charge in [-0.2, -0.15) is 13.2 Å². The summed E-state index contributed by atoms with van der Waals surface area (Å²) in [6, 6.07) is 12.3. The first-order valence-electron chi connectivity index (χ1n) is 15.3. The summed E-state index contributed by atoms with van der Waals surface area (Å²) in [6.45, 7) is 6.83. The highest BCUT2D eigenvalue weighted by Crippen LogP contribution is 2.37. The first-order valence-corrected chi connectivity index (χ1v) is 15.3. The monoisotopic (exact) mass is 624 g/mol. The number of aromatic nitrogens is 1. The summed E-state index contributed by atoms with van der Waals surface area (Å²) in [6.07, 6.45) is -1.48. The smallest absolute Gasteiger partial charge is 0.416 e. The van der Waals surface area contributed by atoms with E-state index in [0.29, 0.717) is 69.4 Å². The zero-order valence-corrected chi connectivity index (χ0v) is 25.5. The summed E-state index contributed by atoms with van der Waals surface area (Å²) in [5.41, 5.74) is 13.9. The SMILES string of the molecule is CCOc1ncccc1-c1ccc(N2CCN(C(=O)c3ccc(C(F)(F)F)cc3N3CCC(CN)C3)C[C@H]2CC)c(C(N)=O)c1. The molecule has 2 aliphatic rings. The van der Waals surface area contributed by atoms with Crippen LogP contribution in [0.25, 0.3) is 11.1 Å². The summed E-state index contributed by atoms with van der Waals surface area (Å²) in [4.78, 5) is 36.6. The molecule has 4 N–H and O–H groups in total. The molecule has 2 fully saturated rings. The van der Waals surface area contributed by atoms with Crippen LogP contribution in [0.5, 0.6) is 5.88 Å². The molecule has 0 saturated carbocycles. The van der Waals surface area contributed by atoms with Crippen LogP contribution in [0.2, 0.25) is 0 Å². The Bertz CT molecular complexity index is 1550. The van der Waals surface area contributed by atoms with E-state index in [1.165, 1.54) is 6.07 Å². The standard InChI is InChI=1S/C33H39F3N6O3/c1-3-24-20-41(32(44)26-9-8-23(33(34,35)36)17-29(26)40-13-11-21(18-37)19-40)14-15-42(24)28-10-7-22(16-27(28)30(38)43)25-6-5-12-39-31(25)45-4-2/h5-10,12,16-17,21,24H,3-4,11,13-15,18-20,37H2,1-2H3,(H2,38,43)/t21?,24-/m1/s1. The van der Waals surface area contributed by atoms with E-state index in [9.17, 15) is 22.8 Å². The molecule has 0 radical (unpaired) electrons. The van der Waals surface area contributed by atoms with Crippen LogP contribution in [0.1, 0.15) is 53.0 Å². The molecule has 45 heavy (non-hydrogen) atoms. The molecular weight excluding hydrogens is 585 g/mol. The van der Waals surface area contributed by atoms with Crippen molar-refractivity contribution in [2.24, 2.45) is 17.4 Å².